The number of aliphatic hydroxyl groups excluding tert-OH is 1. The van der Waals surface area contributed by atoms with E-state index in [4.69, 9.17) is 14.7 Å². The number of carboxylic acids is 1. The molecule has 0 amide bonds. The third-order valence-corrected chi connectivity index (χ3v) is 3.71. The van der Waals surface area contributed by atoms with Crippen LogP contribution in [0.25, 0.3) is 0 Å². The van der Waals surface area contributed by atoms with Crippen molar-refractivity contribution in [2.24, 2.45) is 5.92 Å². The molecule has 0 radical (unpaired) electrons. The molecule has 0 bridgehead atoms. The van der Waals surface area contributed by atoms with Gasteiger partial charge in [0.25, 0.3) is 0 Å². The fourth-order valence-corrected chi connectivity index (χ4v) is 2.60. The van der Waals surface area contributed by atoms with Crippen LogP contribution in [0.3, 0.4) is 0 Å². The first-order chi connectivity index (χ1) is 10.1. The molecule has 2 aliphatic rings. The van der Waals surface area contributed by atoms with E-state index in [0.29, 0.717) is 18.8 Å². The molecule has 9 nitrogen and oxygen atoms in total. The summed E-state index contributed by atoms with van der Waals surface area (Å²) >= 11 is 0. The number of aromatic nitrogens is 2. The normalized spacial score (nSPS) is 28.0. The fourth-order valence-electron chi connectivity index (χ4n) is 2.60. The van der Waals surface area contributed by atoms with Crippen LogP contribution in [0.2, 0.25) is 0 Å². The largest absolute Gasteiger partial charge is 0.481 e. The van der Waals surface area contributed by atoms with Gasteiger partial charge in [0.15, 0.2) is 5.82 Å². The molecule has 1 aromatic heterocycles. The standard InChI is InChI=1S/C12H15N3O6/c16-5-8-7(11(17)18)3-9(21-8)15-4-6-1-2-20-14-10(6)13-12(15)19/h4,7-9,16H,1-3,5H2,(H,17,18)(H,13,14,19)/t7-,8+,9+/m0/s1. The Morgan fingerprint density at radius 2 is 2.38 bits per heavy atom. The SMILES string of the molecule is O=C(O)[C@H]1C[C@H](n2cc3c(nc2=O)NOCC3)O[C@@H]1CO. The Morgan fingerprint density at radius 3 is 3.05 bits per heavy atom. The Balaban J connectivity index is 1.91. The number of fused-ring (bicyclic) bond motifs is 1. The first-order valence-corrected chi connectivity index (χ1v) is 6.59. The molecule has 0 saturated carbocycles. The number of nitrogens with one attached hydrogen (secondary N) is 1. The molecule has 0 aromatic carbocycles. The number of anilines is 1. The van der Waals surface area contributed by atoms with Gasteiger partial charge in [0.1, 0.15) is 6.23 Å². The van der Waals surface area contributed by atoms with Gasteiger partial charge in [-0.2, -0.15) is 4.98 Å². The lowest BCUT2D eigenvalue weighted by Crippen LogP contribution is -2.31. The minimum Gasteiger partial charge on any atom is -0.481 e. The number of hydrogen-bond donors (Lipinski definition) is 3. The van der Waals surface area contributed by atoms with E-state index in [2.05, 4.69) is 10.5 Å². The molecular formula is C12H15N3O6. The summed E-state index contributed by atoms with van der Waals surface area (Å²) in [4.78, 5) is 32.0. The van der Waals surface area contributed by atoms with Crippen LogP contribution in [-0.4, -0.2) is 45.1 Å². The topological polar surface area (TPSA) is 123 Å². The van der Waals surface area contributed by atoms with Crippen LogP contribution >= 0.6 is 0 Å². The van der Waals surface area contributed by atoms with Gasteiger partial charge in [-0.1, -0.05) is 0 Å². The first kappa shape index (κ1) is 14.0. The van der Waals surface area contributed by atoms with Crippen molar-refractivity contribution in [1.29, 1.82) is 0 Å². The molecule has 21 heavy (non-hydrogen) atoms. The summed E-state index contributed by atoms with van der Waals surface area (Å²) in [6, 6.07) is 0. The summed E-state index contributed by atoms with van der Waals surface area (Å²) in [5, 5.41) is 18.3. The van der Waals surface area contributed by atoms with E-state index in [1.165, 1.54) is 4.57 Å². The van der Waals surface area contributed by atoms with Crippen LogP contribution < -0.4 is 11.2 Å². The van der Waals surface area contributed by atoms with Crippen molar-refractivity contribution in [1.82, 2.24) is 9.55 Å². The lowest BCUT2D eigenvalue weighted by molar-refractivity contribution is -0.144. The van der Waals surface area contributed by atoms with Gasteiger partial charge in [0.2, 0.25) is 0 Å². The Morgan fingerprint density at radius 1 is 1.57 bits per heavy atom. The molecule has 3 atom stereocenters. The zero-order valence-electron chi connectivity index (χ0n) is 11.1. The average Bonchev–Trinajstić information content (AvgIpc) is 2.90. The minimum absolute atomic E-state index is 0.116. The number of carbonyl (C=O) groups is 1. The second kappa shape index (κ2) is 5.43. The van der Waals surface area contributed by atoms with E-state index in [9.17, 15) is 14.7 Å². The van der Waals surface area contributed by atoms with E-state index in [0.717, 1.165) is 5.56 Å². The summed E-state index contributed by atoms with van der Waals surface area (Å²) in [6.45, 7) is 0.0470. The number of rotatable bonds is 3. The number of ether oxygens (including phenoxy) is 1. The van der Waals surface area contributed by atoms with E-state index in [-0.39, 0.29) is 6.42 Å². The maximum atomic E-state index is 12.0. The zero-order chi connectivity index (χ0) is 15.0. The number of nitrogens with zero attached hydrogens (tertiary/aromatic N) is 2. The summed E-state index contributed by atoms with van der Waals surface area (Å²) < 4.78 is 6.76. The monoisotopic (exact) mass is 297 g/mol. The van der Waals surface area contributed by atoms with Gasteiger partial charge in [-0.25, -0.2) is 10.3 Å². The second-order valence-electron chi connectivity index (χ2n) is 5.00. The van der Waals surface area contributed by atoms with Gasteiger partial charge in [-0.3, -0.25) is 14.2 Å². The number of hydrogen-bond acceptors (Lipinski definition) is 7. The number of aliphatic carboxylic acids is 1. The highest BCUT2D eigenvalue weighted by molar-refractivity contribution is 5.71. The predicted molar refractivity (Wildman–Crippen MR) is 68.5 cm³/mol. The van der Waals surface area contributed by atoms with Gasteiger partial charge in [0.05, 0.1) is 25.2 Å². The first-order valence-electron chi connectivity index (χ1n) is 6.59. The van der Waals surface area contributed by atoms with Crippen molar-refractivity contribution in [2.75, 3.05) is 18.7 Å². The molecule has 3 rings (SSSR count). The van der Waals surface area contributed by atoms with E-state index in [1.54, 1.807) is 6.20 Å². The predicted octanol–water partition coefficient (Wildman–Crippen LogP) is -0.877. The van der Waals surface area contributed by atoms with E-state index < -0.39 is 36.5 Å². The van der Waals surface area contributed by atoms with Crippen LogP contribution in [0.4, 0.5) is 5.82 Å². The average molecular weight is 297 g/mol. The molecule has 1 aromatic rings. The van der Waals surface area contributed by atoms with Crippen molar-refractivity contribution in [2.45, 2.75) is 25.2 Å². The summed E-state index contributed by atoms with van der Waals surface area (Å²) in [5.41, 5.74) is 2.81. The van der Waals surface area contributed by atoms with Crippen molar-refractivity contribution in [3.05, 3.63) is 22.2 Å². The minimum atomic E-state index is -1.05. The maximum Gasteiger partial charge on any atom is 0.351 e. The molecule has 114 valence electrons. The van der Waals surface area contributed by atoms with Crippen LogP contribution in [0.5, 0.6) is 0 Å². The van der Waals surface area contributed by atoms with Crippen molar-refractivity contribution < 1.29 is 24.6 Å². The van der Waals surface area contributed by atoms with Gasteiger partial charge in [-0.15, -0.1) is 0 Å². The third kappa shape index (κ3) is 2.50. The Labute approximate surface area is 119 Å². The third-order valence-electron chi connectivity index (χ3n) is 3.71. The molecule has 1 fully saturated rings. The summed E-state index contributed by atoms with van der Waals surface area (Å²) in [6.07, 6.45) is 0.746. The molecule has 3 heterocycles. The Bertz CT molecular complexity index is 616. The second-order valence-corrected chi connectivity index (χ2v) is 5.00. The highest BCUT2D eigenvalue weighted by atomic mass is 16.6. The molecule has 1 saturated heterocycles. The van der Waals surface area contributed by atoms with Gasteiger partial charge in [0, 0.05) is 24.6 Å². The quantitative estimate of drug-likeness (QED) is 0.657. The van der Waals surface area contributed by atoms with Gasteiger partial charge >= 0.3 is 11.7 Å². The van der Waals surface area contributed by atoms with Crippen molar-refractivity contribution in [3.8, 4) is 0 Å². The molecule has 9 heteroatoms. The van der Waals surface area contributed by atoms with Gasteiger partial charge < -0.3 is 14.9 Å². The zero-order valence-corrected chi connectivity index (χ0v) is 11.1. The molecular weight excluding hydrogens is 282 g/mol. The van der Waals surface area contributed by atoms with E-state index in [1.807, 2.05) is 0 Å². The Hall–Kier alpha value is -1.97. The summed E-state index contributed by atoms with van der Waals surface area (Å²) in [7, 11) is 0. The maximum absolute atomic E-state index is 12.0. The number of carboxylic acid groups (broad SMARTS) is 1. The van der Waals surface area contributed by atoms with Gasteiger partial charge in [-0.05, 0) is 0 Å². The number of aliphatic hydroxyl groups is 1. The highest BCUT2D eigenvalue weighted by Gasteiger charge is 2.40. The molecule has 0 spiro atoms. The van der Waals surface area contributed by atoms with Crippen LogP contribution in [-0.2, 0) is 20.8 Å². The molecule has 0 unspecified atom stereocenters. The van der Waals surface area contributed by atoms with Crippen molar-refractivity contribution in [3.63, 3.8) is 0 Å². The van der Waals surface area contributed by atoms with E-state index >= 15 is 0 Å². The van der Waals surface area contributed by atoms with Crippen molar-refractivity contribution >= 4 is 11.8 Å². The summed E-state index contributed by atoms with van der Waals surface area (Å²) in [5.74, 6) is -1.52. The Kier molecular flexibility index (Phi) is 3.62. The lowest BCUT2D eigenvalue weighted by Gasteiger charge is -2.20. The smallest absolute Gasteiger partial charge is 0.351 e. The highest BCUT2D eigenvalue weighted by Crippen LogP contribution is 2.33. The molecule has 3 N–H and O–H groups in total. The lowest BCUT2D eigenvalue weighted by atomic mass is 10.0. The molecule has 0 aliphatic carbocycles. The van der Waals surface area contributed by atoms with Crippen LogP contribution in [0, 0.1) is 5.92 Å². The molecule has 2 aliphatic heterocycles. The fraction of sp³-hybridized carbons (Fsp3) is 0.583. The van der Waals surface area contributed by atoms with Crippen LogP contribution in [0.15, 0.2) is 11.0 Å². The van der Waals surface area contributed by atoms with Crippen LogP contribution in [0.1, 0.15) is 18.2 Å².